The smallest absolute Gasteiger partial charge is 0.123 e. The Balaban J connectivity index is 1.77. The Hall–Kier alpha value is -0.710. The van der Waals surface area contributed by atoms with Crippen LogP contribution < -0.4 is 10.5 Å². The molecule has 0 aromatic heterocycles. The van der Waals surface area contributed by atoms with Crippen LogP contribution >= 0.6 is 11.8 Å². The molecule has 0 radical (unpaired) electrons. The van der Waals surface area contributed by atoms with Crippen molar-refractivity contribution in [2.75, 3.05) is 37.7 Å². The van der Waals surface area contributed by atoms with Gasteiger partial charge in [-0.2, -0.15) is 11.8 Å². The van der Waals surface area contributed by atoms with Gasteiger partial charge in [0.05, 0.1) is 0 Å². The van der Waals surface area contributed by atoms with Gasteiger partial charge in [0, 0.05) is 31.0 Å². The maximum atomic E-state index is 5.84. The van der Waals surface area contributed by atoms with Crippen LogP contribution in [-0.4, -0.2) is 42.6 Å². The fourth-order valence-electron chi connectivity index (χ4n) is 2.12. The Morgan fingerprint density at radius 2 is 2.11 bits per heavy atom. The van der Waals surface area contributed by atoms with E-state index in [2.05, 4.69) is 16.7 Å². The van der Waals surface area contributed by atoms with Gasteiger partial charge in [0.2, 0.25) is 0 Å². The number of nitrogens with two attached hydrogens (primary N) is 1. The molecular formula is C14H22N2OS. The van der Waals surface area contributed by atoms with Gasteiger partial charge >= 0.3 is 0 Å². The predicted octanol–water partition coefficient (Wildman–Crippen LogP) is 1.96. The van der Waals surface area contributed by atoms with Crippen molar-refractivity contribution < 1.29 is 4.74 Å². The Kier molecular flexibility index (Phi) is 5.84. The average molecular weight is 266 g/mol. The van der Waals surface area contributed by atoms with Crippen LogP contribution in [0.25, 0.3) is 0 Å². The van der Waals surface area contributed by atoms with Gasteiger partial charge in [-0.1, -0.05) is 18.2 Å². The van der Waals surface area contributed by atoms with Crippen molar-refractivity contribution in [2.24, 2.45) is 5.73 Å². The second-order valence-electron chi connectivity index (χ2n) is 4.47. The second kappa shape index (κ2) is 7.67. The summed E-state index contributed by atoms with van der Waals surface area (Å²) in [5, 5.41) is 0. The summed E-state index contributed by atoms with van der Waals surface area (Å²) < 4.78 is 5.84. The van der Waals surface area contributed by atoms with E-state index in [1.165, 1.54) is 31.0 Å². The monoisotopic (exact) mass is 266 g/mol. The van der Waals surface area contributed by atoms with Crippen molar-refractivity contribution in [1.29, 1.82) is 0 Å². The Morgan fingerprint density at radius 1 is 1.22 bits per heavy atom. The van der Waals surface area contributed by atoms with Crippen molar-refractivity contribution in [3.8, 4) is 5.75 Å². The van der Waals surface area contributed by atoms with Crippen LogP contribution in [-0.2, 0) is 6.54 Å². The van der Waals surface area contributed by atoms with E-state index in [-0.39, 0.29) is 0 Å². The molecule has 100 valence electrons. The molecule has 1 saturated heterocycles. The molecule has 1 aromatic rings. The Morgan fingerprint density at radius 3 is 3.00 bits per heavy atom. The van der Waals surface area contributed by atoms with Crippen LogP contribution in [0.1, 0.15) is 12.0 Å². The number of ether oxygens (including phenoxy) is 1. The first-order valence-electron chi connectivity index (χ1n) is 6.61. The molecule has 1 fully saturated rings. The first-order valence-corrected chi connectivity index (χ1v) is 7.76. The van der Waals surface area contributed by atoms with Gasteiger partial charge in [0.15, 0.2) is 0 Å². The van der Waals surface area contributed by atoms with Gasteiger partial charge in [-0.25, -0.2) is 0 Å². The lowest BCUT2D eigenvalue weighted by atomic mass is 10.2. The summed E-state index contributed by atoms with van der Waals surface area (Å²) in [6, 6.07) is 8.02. The molecule has 1 heterocycles. The first kappa shape index (κ1) is 13.7. The molecule has 2 rings (SSSR count). The maximum Gasteiger partial charge on any atom is 0.123 e. The summed E-state index contributed by atoms with van der Waals surface area (Å²) in [7, 11) is 0. The predicted molar refractivity (Wildman–Crippen MR) is 78.2 cm³/mol. The van der Waals surface area contributed by atoms with Crippen LogP contribution in [0, 0.1) is 0 Å². The normalized spacial score (nSPS) is 17.4. The first-order chi connectivity index (χ1) is 8.90. The molecular weight excluding hydrogens is 244 g/mol. The van der Waals surface area contributed by atoms with E-state index in [1.54, 1.807) is 0 Å². The second-order valence-corrected chi connectivity index (χ2v) is 5.69. The molecule has 0 atom stereocenters. The lowest BCUT2D eigenvalue weighted by Crippen LogP contribution is -2.30. The third-order valence-electron chi connectivity index (χ3n) is 3.17. The lowest BCUT2D eigenvalue weighted by Gasteiger charge is -2.20. The van der Waals surface area contributed by atoms with Crippen LogP contribution in [0.2, 0.25) is 0 Å². The van der Waals surface area contributed by atoms with Gasteiger partial charge < -0.3 is 10.5 Å². The van der Waals surface area contributed by atoms with E-state index in [0.29, 0.717) is 6.54 Å². The zero-order chi connectivity index (χ0) is 12.6. The fourth-order valence-corrected chi connectivity index (χ4v) is 3.04. The number of hydrogen-bond donors (Lipinski definition) is 1. The number of rotatable bonds is 5. The van der Waals surface area contributed by atoms with Crippen LogP contribution in [0.15, 0.2) is 24.3 Å². The maximum absolute atomic E-state index is 5.84. The highest BCUT2D eigenvalue weighted by Gasteiger charge is 2.09. The average Bonchev–Trinajstić information content (AvgIpc) is 2.68. The van der Waals surface area contributed by atoms with Crippen molar-refractivity contribution in [3.05, 3.63) is 29.8 Å². The molecule has 0 spiro atoms. The van der Waals surface area contributed by atoms with Crippen molar-refractivity contribution in [2.45, 2.75) is 13.0 Å². The molecule has 0 aliphatic carbocycles. The van der Waals surface area contributed by atoms with Gasteiger partial charge in [-0.05, 0) is 24.8 Å². The summed E-state index contributed by atoms with van der Waals surface area (Å²) in [6.07, 6.45) is 1.30. The number of nitrogens with zero attached hydrogens (tertiary/aromatic N) is 1. The van der Waals surface area contributed by atoms with Gasteiger partial charge in [-0.3, -0.25) is 4.90 Å². The number of para-hydroxylation sites is 1. The zero-order valence-electron chi connectivity index (χ0n) is 10.8. The molecule has 1 aliphatic rings. The summed E-state index contributed by atoms with van der Waals surface area (Å²) in [5.74, 6) is 3.48. The van der Waals surface area contributed by atoms with E-state index >= 15 is 0 Å². The fraction of sp³-hybridized carbons (Fsp3) is 0.571. The summed E-state index contributed by atoms with van der Waals surface area (Å²) in [4.78, 5) is 2.49. The number of thioether (sulfide) groups is 1. The molecule has 0 unspecified atom stereocenters. The number of hydrogen-bond acceptors (Lipinski definition) is 4. The highest BCUT2D eigenvalue weighted by atomic mass is 32.2. The van der Waals surface area contributed by atoms with Crippen LogP contribution in [0.3, 0.4) is 0 Å². The Bertz CT molecular complexity index is 351. The van der Waals surface area contributed by atoms with Crippen molar-refractivity contribution in [3.63, 3.8) is 0 Å². The standard InChI is InChI=1S/C14H22N2OS/c15-12-13-4-1-2-5-14(13)17-9-7-16-6-3-10-18-11-8-16/h1-2,4-5H,3,6-12,15H2. The zero-order valence-corrected chi connectivity index (χ0v) is 11.6. The SMILES string of the molecule is NCc1ccccc1OCCN1CCCSCC1. The molecule has 4 heteroatoms. The molecule has 3 nitrogen and oxygen atoms in total. The largest absolute Gasteiger partial charge is 0.492 e. The molecule has 2 N–H and O–H groups in total. The summed E-state index contributed by atoms with van der Waals surface area (Å²) in [6.45, 7) is 4.69. The van der Waals surface area contributed by atoms with E-state index in [1.807, 2.05) is 24.3 Å². The third-order valence-corrected chi connectivity index (χ3v) is 4.22. The minimum absolute atomic E-state index is 0.538. The van der Waals surface area contributed by atoms with Gasteiger partial charge in [-0.15, -0.1) is 0 Å². The van der Waals surface area contributed by atoms with Gasteiger partial charge in [0.1, 0.15) is 12.4 Å². The number of benzene rings is 1. The van der Waals surface area contributed by atoms with Gasteiger partial charge in [0.25, 0.3) is 0 Å². The highest BCUT2D eigenvalue weighted by molar-refractivity contribution is 7.99. The Labute approximate surface area is 114 Å². The highest BCUT2D eigenvalue weighted by Crippen LogP contribution is 2.17. The molecule has 1 aliphatic heterocycles. The topological polar surface area (TPSA) is 38.5 Å². The lowest BCUT2D eigenvalue weighted by molar-refractivity contribution is 0.218. The summed E-state index contributed by atoms with van der Waals surface area (Å²) in [5.41, 5.74) is 6.78. The minimum atomic E-state index is 0.538. The van der Waals surface area contributed by atoms with E-state index in [9.17, 15) is 0 Å². The van der Waals surface area contributed by atoms with Crippen LogP contribution in [0.4, 0.5) is 0 Å². The van der Waals surface area contributed by atoms with E-state index in [0.717, 1.165) is 24.5 Å². The van der Waals surface area contributed by atoms with Crippen molar-refractivity contribution in [1.82, 2.24) is 4.90 Å². The summed E-state index contributed by atoms with van der Waals surface area (Å²) >= 11 is 2.06. The minimum Gasteiger partial charge on any atom is -0.492 e. The van der Waals surface area contributed by atoms with Crippen LogP contribution in [0.5, 0.6) is 5.75 Å². The molecule has 1 aromatic carbocycles. The molecule has 0 saturated carbocycles. The molecule has 18 heavy (non-hydrogen) atoms. The third kappa shape index (κ3) is 4.19. The molecule has 0 amide bonds. The van der Waals surface area contributed by atoms with E-state index in [4.69, 9.17) is 10.5 Å². The van der Waals surface area contributed by atoms with Crippen molar-refractivity contribution >= 4 is 11.8 Å². The quantitative estimate of drug-likeness (QED) is 0.884. The molecule has 0 bridgehead atoms. The van der Waals surface area contributed by atoms with E-state index < -0.39 is 0 Å².